The Morgan fingerprint density at radius 3 is 2.12 bits per heavy atom. The number of hydrogen-bond donors (Lipinski definition) is 0. The standard InChI is InChI=1S/C19H32N2O2S/c1-5-20(6-2)13-15-24-16-14-23-19(22)17-9-11-18(12-10-17)21(7-3)8-4/h9-12H,5-8,13-16H2,1-4H3. The molecule has 1 aromatic carbocycles. The third-order valence-electron chi connectivity index (χ3n) is 4.14. The second-order valence-corrected chi connectivity index (χ2v) is 6.72. The molecule has 0 radical (unpaired) electrons. The number of hydrogen-bond acceptors (Lipinski definition) is 5. The number of anilines is 1. The van der Waals surface area contributed by atoms with E-state index in [0.29, 0.717) is 12.2 Å². The van der Waals surface area contributed by atoms with Crippen LogP contribution in [0, 0.1) is 0 Å². The highest BCUT2D eigenvalue weighted by Crippen LogP contribution is 2.15. The van der Waals surface area contributed by atoms with Gasteiger partial charge in [0.05, 0.1) is 5.56 Å². The molecule has 0 saturated heterocycles. The Morgan fingerprint density at radius 1 is 0.958 bits per heavy atom. The van der Waals surface area contributed by atoms with Crippen molar-refractivity contribution in [3.05, 3.63) is 29.8 Å². The van der Waals surface area contributed by atoms with Gasteiger partial charge >= 0.3 is 5.97 Å². The first-order chi connectivity index (χ1) is 11.7. The van der Waals surface area contributed by atoms with E-state index in [0.717, 1.165) is 49.9 Å². The predicted octanol–water partition coefficient (Wildman–Crippen LogP) is 3.76. The SMILES string of the molecule is CCN(CC)CCSCCOC(=O)c1ccc(N(CC)CC)cc1. The molecule has 136 valence electrons. The van der Waals surface area contributed by atoms with E-state index in [9.17, 15) is 4.79 Å². The van der Waals surface area contributed by atoms with Gasteiger partial charge in [-0.15, -0.1) is 0 Å². The van der Waals surface area contributed by atoms with Gasteiger partial charge in [-0.3, -0.25) is 0 Å². The molecule has 5 heteroatoms. The van der Waals surface area contributed by atoms with Crippen molar-refractivity contribution in [1.29, 1.82) is 0 Å². The van der Waals surface area contributed by atoms with Crippen LogP contribution in [-0.2, 0) is 4.74 Å². The lowest BCUT2D eigenvalue weighted by Gasteiger charge is -2.20. The quantitative estimate of drug-likeness (QED) is 0.422. The largest absolute Gasteiger partial charge is 0.461 e. The molecule has 1 aromatic rings. The van der Waals surface area contributed by atoms with Gasteiger partial charge in [-0.05, 0) is 51.2 Å². The second kappa shape index (κ2) is 12.2. The molecule has 1 rings (SSSR count). The van der Waals surface area contributed by atoms with Crippen LogP contribution in [0.4, 0.5) is 5.69 Å². The highest BCUT2D eigenvalue weighted by Gasteiger charge is 2.08. The van der Waals surface area contributed by atoms with E-state index in [1.165, 1.54) is 0 Å². The number of carbonyl (C=O) groups is 1. The van der Waals surface area contributed by atoms with E-state index in [-0.39, 0.29) is 5.97 Å². The maximum absolute atomic E-state index is 12.0. The summed E-state index contributed by atoms with van der Waals surface area (Å²) in [5.74, 6) is 1.70. The normalized spacial score (nSPS) is 10.9. The van der Waals surface area contributed by atoms with Gasteiger partial charge < -0.3 is 14.5 Å². The van der Waals surface area contributed by atoms with Crippen LogP contribution in [0.3, 0.4) is 0 Å². The van der Waals surface area contributed by atoms with Gasteiger partial charge in [0.25, 0.3) is 0 Å². The zero-order valence-corrected chi connectivity index (χ0v) is 16.4. The van der Waals surface area contributed by atoms with Crippen molar-refractivity contribution < 1.29 is 9.53 Å². The minimum Gasteiger partial charge on any atom is -0.461 e. The van der Waals surface area contributed by atoms with Crippen molar-refractivity contribution >= 4 is 23.4 Å². The van der Waals surface area contributed by atoms with Crippen LogP contribution >= 0.6 is 11.8 Å². The minimum atomic E-state index is -0.231. The molecule has 0 aliphatic rings. The Hall–Kier alpha value is -1.20. The third-order valence-corrected chi connectivity index (χ3v) is 5.07. The third kappa shape index (κ3) is 7.14. The van der Waals surface area contributed by atoms with Crippen molar-refractivity contribution in [1.82, 2.24) is 4.90 Å². The average Bonchev–Trinajstić information content (AvgIpc) is 2.62. The minimum absolute atomic E-state index is 0.231. The Kier molecular flexibility index (Phi) is 10.6. The first kappa shape index (κ1) is 20.8. The van der Waals surface area contributed by atoms with Crippen LogP contribution < -0.4 is 4.90 Å². The highest BCUT2D eigenvalue weighted by molar-refractivity contribution is 7.99. The summed E-state index contributed by atoms with van der Waals surface area (Å²) in [6, 6.07) is 7.68. The van der Waals surface area contributed by atoms with Gasteiger partial charge in [0, 0.05) is 36.8 Å². The van der Waals surface area contributed by atoms with Crippen molar-refractivity contribution in [3.8, 4) is 0 Å². The van der Waals surface area contributed by atoms with Crippen LogP contribution in [0.1, 0.15) is 38.1 Å². The maximum Gasteiger partial charge on any atom is 0.338 e. The smallest absolute Gasteiger partial charge is 0.338 e. The number of nitrogens with zero attached hydrogens (tertiary/aromatic N) is 2. The van der Waals surface area contributed by atoms with Crippen molar-refractivity contribution in [2.45, 2.75) is 27.7 Å². The van der Waals surface area contributed by atoms with Crippen molar-refractivity contribution in [3.63, 3.8) is 0 Å². The molecule has 0 aromatic heterocycles. The summed E-state index contributed by atoms with van der Waals surface area (Å²) in [5.41, 5.74) is 1.77. The van der Waals surface area contributed by atoms with Crippen LogP contribution in [0.2, 0.25) is 0 Å². The van der Waals surface area contributed by atoms with Crippen LogP contribution in [-0.4, -0.2) is 61.7 Å². The molecule has 0 N–H and O–H groups in total. The van der Waals surface area contributed by atoms with E-state index in [2.05, 4.69) is 37.5 Å². The zero-order valence-electron chi connectivity index (χ0n) is 15.6. The monoisotopic (exact) mass is 352 g/mol. The second-order valence-electron chi connectivity index (χ2n) is 5.49. The van der Waals surface area contributed by atoms with Gasteiger partial charge in [0.2, 0.25) is 0 Å². The number of esters is 1. The lowest BCUT2D eigenvalue weighted by atomic mass is 10.2. The molecule has 0 unspecified atom stereocenters. The topological polar surface area (TPSA) is 32.8 Å². The molecule has 0 aliphatic heterocycles. The molecule has 4 nitrogen and oxygen atoms in total. The summed E-state index contributed by atoms with van der Waals surface area (Å²) >= 11 is 1.84. The Labute approximate surface area is 151 Å². The number of carbonyl (C=O) groups excluding carboxylic acids is 1. The summed E-state index contributed by atoms with van der Waals surface area (Å²) in [6.45, 7) is 14.3. The Bertz CT molecular complexity index is 457. The summed E-state index contributed by atoms with van der Waals surface area (Å²) in [5, 5.41) is 0. The number of thioether (sulfide) groups is 1. The molecular weight excluding hydrogens is 320 g/mol. The van der Waals surface area contributed by atoms with Crippen LogP contribution in [0.25, 0.3) is 0 Å². The van der Waals surface area contributed by atoms with Crippen LogP contribution in [0.5, 0.6) is 0 Å². The highest BCUT2D eigenvalue weighted by atomic mass is 32.2. The van der Waals surface area contributed by atoms with Gasteiger partial charge in [-0.25, -0.2) is 4.79 Å². The van der Waals surface area contributed by atoms with Crippen molar-refractivity contribution in [2.75, 3.05) is 55.7 Å². The molecule has 0 heterocycles. The zero-order chi connectivity index (χ0) is 17.8. The number of ether oxygens (including phenoxy) is 1. The molecular formula is C19H32N2O2S. The summed E-state index contributed by atoms with van der Waals surface area (Å²) in [7, 11) is 0. The molecule has 0 atom stereocenters. The van der Waals surface area contributed by atoms with Gasteiger partial charge in [-0.1, -0.05) is 13.8 Å². The molecule has 0 saturated carbocycles. The lowest BCUT2D eigenvalue weighted by Crippen LogP contribution is -2.25. The Balaban J connectivity index is 2.28. The molecule has 24 heavy (non-hydrogen) atoms. The fourth-order valence-electron chi connectivity index (χ4n) is 2.51. The fraction of sp³-hybridized carbons (Fsp3) is 0.632. The van der Waals surface area contributed by atoms with Crippen molar-refractivity contribution in [2.24, 2.45) is 0 Å². The van der Waals surface area contributed by atoms with Gasteiger partial charge in [0.15, 0.2) is 0 Å². The summed E-state index contributed by atoms with van der Waals surface area (Å²) in [6.07, 6.45) is 0. The first-order valence-electron chi connectivity index (χ1n) is 8.98. The Morgan fingerprint density at radius 2 is 1.58 bits per heavy atom. The van der Waals surface area contributed by atoms with Gasteiger partial charge in [0.1, 0.15) is 6.61 Å². The van der Waals surface area contributed by atoms with E-state index >= 15 is 0 Å². The van der Waals surface area contributed by atoms with E-state index in [1.54, 1.807) is 0 Å². The fourth-order valence-corrected chi connectivity index (χ4v) is 3.30. The van der Waals surface area contributed by atoms with Crippen LogP contribution in [0.15, 0.2) is 24.3 Å². The lowest BCUT2D eigenvalue weighted by molar-refractivity contribution is 0.0530. The predicted molar refractivity (Wildman–Crippen MR) is 105 cm³/mol. The number of benzene rings is 1. The van der Waals surface area contributed by atoms with Gasteiger partial charge in [-0.2, -0.15) is 11.8 Å². The summed E-state index contributed by atoms with van der Waals surface area (Å²) in [4.78, 5) is 16.7. The molecule has 0 bridgehead atoms. The summed E-state index contributed by atoms with van der Waals surface area (Å²) < 4.78 is 5.35. The van der Waals surface area contributed by atoms with E-state index < -0.39 is 0 Å². The number of rotatable bonds is 12. The molecule has 0 fully saturated rings. The van der Waals surface area contributed by atoms with E-state index in [1.807, 2.05) is 36.0 Å². The first-order valence-corrected chi connectivity index (χ1v) is 10.1. The molecule has 0 amide bonds. The maximum atomic E-state index is 12.0. The average molecular weight is 353 g/mol. The molecule has 0 spiro atoms. The van der Waals surface area contributed by atoms with E-state index in [4.69, 9.17) is 4.74 Å². The molecule has 0 aliphatic carbocycles.